The van der Waals surface area contributed by atoms with Crippen molar-refractivity contribution in [3.8, 4) is 11.1 Å². The lowest BCUT2D eigenvalue weighted by molar-refractivity contribution is -0.137. The van der Waals surface area contributed by atoms with Crippen LogP contribution in [0.1, 0.15) is 52.3 Å². The van der Waals surface area contributed by atoms with Gasteiger partial charge >= 0.3 is 0 Å². The molecule has 3 aromatic rings. The lowest BCUT2D eigenvalue weighted by Gasteiger charge is -2.45. The molecule has 41 heavy (non-hydrogen) atoms. The second kappa shape index (κ2) is 11.1. The highest BCUT2D eigenvalue weighted by Crippen LogP contribution is 2.38. The molecule has 2 aromatic heterocycles. The van der Waals surface area contributed by atoms with E-state index in [1.54, 1.807) is 11.0 Å². The molecule has 4 aliphatic rings. The van der Waals surface area contributed by atoms with E-state index >= 15 is 0 Å². The number of piperidine rings is 2. The number of benzene rings is 1. The van der Waals surface area contributed by atoms with Crippen molar-refractivity contribution in [2.75, 3.05) is 42.5 Å². The molecule has 0 radical (unpaired) electrons. The fourth-order valence-corrected chi connectivity index (χ4v) is 6.97. The molecule has 2 bridgehead atoms. The van der Waals surface area contributed by atoms with Crippen LogP contribution in [0.25, 0.3) is 16.6 Å². The third-order valence-electron chi connectivity index (χ3n) is 9.31. The zero-order valence-electron chi connectivity index (χ0n) is 24.6. The minimum atomic E-state index is -0.378. The van der Waals surface area contributed by atoms with Crippen LogP contribution in [0.4, 0.5) is 15.8 Å². The summed E-state index contributed by atoms with van der Waals surface area (Å²) in [5.74, 6) is 0.938. The number of pyridine rings is 1. The molecule has 2 amide bonds. The monoisotopic (exact) mass is 560 g/mol. The van der Waals surface area contributed by atoms with Gasteiger partial charge in [0.05, 0.1) is 29.1 Å². The van der Waals surface area contributed by atoms with E-state index in [4.69, 9.17) is 0 Å². The molecule has 1 aromatic carbocycles. The van der Waals surface area contributed by atoms with E-state index in [1.807, 2.05) is 38.8 Å². The van der Waals surface area contributed by atoms with Gasteiger partial charge < -0.3 is 24.4 Å². The lowest BCUT2D eigenvalue weighted by atomic mass is 9.76. The Morgan fingerprint density at radius 3 is 2.44 bits per heavy atom. The Bertz CT molecular complexity index is 1450. The van der Waals surface area contributed by atoms with Gasteiger partial charge in [0.2, 0.25) is 11.8 Å². The molecule has 4 fully saturated rings. The summed E-state index contributed by atoms with van der Waals surface area (Å²) in [5.41, 5.74) is 4.17. The van der Waals surface area contributed by atoms with E-state index in [9.17, 15) is 14.0 Å². The molecule has 9 heteroatoms. The Morgan fingerprint density at radius 1 is 1.07 bits per heavy atom. The molecular formula is C32H41FN6O2. The predicted molar refractivity (Wildman–Crippen MR) is 160 cm³/mol. The zero-order chi connectivity index (χ0) is 28.8. The van der Waals surface area contributed by atoms with Crippen molar-refractivity contribution in [1.82, 2.24) is 19.6 Å². The summed E-state index contributed by atoms with van der Waals surface area (Å²) in [5, 5.41) is 3.61. The maximum Gasteiger partial charge on any atom is 0.240 e. The van der Waals surface area contributed by atoms with E-state index < -0.39 is 0 Å². The molecule has 0 spiro atoms. The molecule has 5 heterocycles. The van der Waals surface area contributed by atoms with Crippen LogP contribution in [-0.2, 0) is 9.59 Å². The number of nitrogens with one attached hydrogen (secondary N) is 1. The van der Waals surface area contributed by atoms with Gasteiger partial charge in [0.15, 0.2) is 0 Å². The maximum atomic E-state index is 14.6. The number of carbonyl (C=O) groups excluding carboxylic acids is 2. The highest BCUT2D eigenvalue weighted by molar-refractivity contribution is 6.00. The largest absolute Gasteiger partial charge is 0.367 e. The van der Waals surface area contributed by atoms with Crippen molar-refractivity contribution in [3.63, 3.8) is 0 Å². The maximum absolute atomic E-state index is 14.6. The van der Waals surface area contributed by atoms with E-state index in [-0.39, 0.29) is 29.6 Å². The molecule has 1 atom stereocenters. The Kier molecular flexibility index (Phi) is 7.49. The third kappa shape index (κ3) is 5.09. The zero-order valence-corrected chi connectivity index (χ0v) is 24.6. The van der Waals surface area contributed by atoms with Gasteiger partial charge in [-0.15, -0.1) is 0 Å². The molecule has 3 saturated heterocycles. The van der Waals surface area contributed by atoms with E-state index in [0.29, 0.717) is 37.3 Å². The first-order chi connectivity index (χ1) is 19.7. The van der Waals surface area contributed by atoms with Crippen LogP contribution in [0.15, 0.2) is 36.7 Å². The number of hydrogen-bond acceptors (Lipinski definition) is 5. The fraction of sp³-hybridized carbons (Fsp3) is 0.531. The summed E-state index contributed by atoms with van der Waals surface area (Å²) < 4.78 is 16.7. The number of piperazine rings is 1. The van der Waals surface area contributed by atoms with Gasteiger partial charge in [-0.25, -0.2) is 9.37 Å². The van der Waals surface area contributed by atoms with Gasteiger partial charge in [-0.3, -0.25) is 9.59 Å². The first-order valence-corrected chi connectivity index (χ1v) is 15.1. The van der Waals surface area contributed by atoms with Crippen molar-refractivity contribution in [2.45, 2.75) is 65.5 Å². The second-order valence-corrected chi connectivity index (χ2v) is 12.1. The van der Waals surface area contributed by atoms with E-state index in [1.165, 1.54) is 25.0 Å². The predicted octanol–water partition coefficient (Wildman–Crippen LogP) is 4.64. The van der Waals surface area contributed by atoms with Crippen molar-refractivity contribution in [1.29, 1.82) is 0 Å². The van der Waals surface area contributed by atoms with Gasteiger partial charge in [0.25, 0.3) is 0 Å². The van der Waals surface area contributed by atoms with Gasteiger partial charge in [0, 0.05) is 62.0 Å². The fourth-order valence-electron chi connectivity index (χ4n) is 6.97. The molecule has 1 unspecified atom stereocenters. The number of carbonyl (C=O) groups is 2. The van der Waals surface area contributed by atoms with Crippen LogP contribution >= 0.6 is 0 Å². The Balaban J connectivity index is 1.31. The smallest absolute Gasteiger partial charge is 0.240 e. The molecular weight excluding hydrogens is 519 g/mol. The summed E-state index contributed by atoms with van der Waals surface area (Å²) in [6, 6.07) is 7.27. The number of anilines is 2. The molecule has 3 aliphatic heterocycles. The van der Waals surface area contributed by atoms with E-state index in [0.717, 1.165) is 54.1 Å². The summed E-state index contributed by atoms with van der Waals surface area (Å²) in [6.07, 6.45) is 8.63. The first-order valence-electron chi connectivity index (χ1n) is 15.1. The van der Waals surface area contributed by atoms with Crippen molar-refractivity contribution >= 4 is 28.7 Å². The topological polar surface area (TPSA) is 73.2 Å². The number of imidazole rings is 1. The average Bonchev–Trinajstić information content (AvgIpc) is 3.38. The average molecular weight is 561 g/mol. The number of fused-ring (bicyclic) bond motifs is 4. The number of aryl methyl sites for hydroxylation is 1. The SMILES string of the molecule is CCN(C(=O)C(C)C)c1cc(F)ccc1-c1cc(N2CCN(C(=O)C3NC4CCC3CC4)CC2)cn2c(C)ncc12. The number of halogens is 1. The Hall–Kier alpha value is -3.46. The quantitative estimate of drug-likeness (QED) is 0.476. The standard InChI is InChI=1S/C32H41FN6O2/c1-5-38(31(40)20(2)3)28-16-23(33)8-11-26(28)27-17-25(19-39-21(4)34-18-29(27)39)36-12-14-37(15-13-36)32(41)30-22-6-9-24(35-30)10-7-22/h8,11,16-20,22,24,30,35H,5-7,9-10,12-15H2,1-4H3. The minimum absolute atomic E-state index is 0.0300. The minimum Gasteiger partial charge on any atom is -0.367 e. The van der Waals surface area contributed by atoms with Crippen LogP contribution in [-0.4, -0.2) is 70.9 Å². The van der Waals surface area contributed by atoms with Crippen LogP contribution in [0.2, 0.25) is 0 Å². The number of amides is 2. The van der Waals surface area contributed by atoms with Crippen LogP contribution < -0.4 is 15.1 Å². The lowest BCUT2D eigenvalue weighted by Crippen LogP contribution is -2.61. The first kappa shape index (κ1) is 27.7. The number of aromatic nitrogens is 2. The summed E-state index contributed by atoms with van der Waals surface area (Å²) in [7, 11) is 0. The second-order valence-electron chi connectivity index (χ2n) is 12.1. The molecule has 1 N–H and O–H groups in total. The summed E-state index contributed by atoms with van der Waals surface area (Å²) >= 11 is 0. The highest BCUT2D eigenvalue weighted by atomic mass is 19.1. The number of nitrogens with zero attached hydrogens (tertiary/aromatic N) is 5. The van der Waals surface area contributed by atoms with Crippen LogP contribution in [0.3, 0.4) is 0 Å². The van der Waals surface area contributed by atoms with Crippen LogP contribution in [0, 0.1) is 24.6 Å². The van der Waals surface area contributed by atoms with Crippen molar-refractivity contribution in [3.05, 3.63) is 48.3 Å². The van der Waals surface area contributed by atoms with Gasteiger partial charge in [-0.05, 0) is 69.7 Å². The highest BCUT2D eigenvalue weighted by Gasteiger charge is 2.41. The normalized spacial score (nSPS) is 22.5. The number of hydrogen-bond donors (Lipinski definition) is 1. The molecule has 8 nitrogen and oxygen atoms in total. The molecule has 1 aliphatic carbocycles. The summed E-state index contributed by atoms with van der Waals surface area (Å²) in [6.45, 7) is 10.9. The third-order valence-corrected chi connectivity index (χ3v) is 9.31. The molecule has 1 saturated carbocycles. The Labute approximate surface area is 241 Å². The van der Waals surface area contributed by atoms with Crippen molar-refractivity contribution in [2.24, 2.45) is 11.8 Å². The Morgan fingerprint density at radius 2 is 1.80 bits per heavy atom. The molecule has 7 rings (SSSR count). The number of rotatable bonds is 6. The van der Waals surface area contributed by atoms with Gasteiger partial charge in [-0.2, -0.15) is 0 Å². The van der Waals surface area contributed by atoms with E-state index in [2.05, 4.69) is 31.9 Å². The molecule has 218 valence electrons. The van der Waals surface area contributed by atoms with Crippen LogP contribution in [0.5, 0.6) is 0 Å². The van der Waals surface area contributed by atoms with Gasteiger partial charge in [0.1, 0.15) is 11.6 Å². The van der Waals surface area contributed by atoms with Gasteiger partial charge in [-0.1, -0.05) is 13.8 Å². The summed E-state index contributed by atoms with van der Waals surface area (Å²) in [4.78, 5) is 37.2. The van der Waals surface area contributed by atoms with Crippen molar-refractivity contribution < 1.29 is 14.0 Å².